The molecule has 0 aliphatic carbocycles. The van der Waals surface area contributed by atoms with Gasteiger partial charge in [0.05, 0.1) is 0 Å². The van der Waals surface area contributed by atoms with Gasteiger partial charge in [-0.1, -0.05) is 13.3 Å². The summed E-state index contributed by atoms with van der Waals surface area (Å²) in [6, 6.07) is 1.79. The van der Waals surface area contributed by atoms with Crippen LogP contribution in [0.15, 0.2) is 18.5 Å². The van der Waals surface area contributed by atoms with Crippen LogP contribution >= 0.6 is 0 Å². The first-order valence-electron chi connectivity index (χ1n) is 5.32. The minimum atomic E-state index is 0.637. The SMILES string of the molecule is CCCc1c(-c2ncccn2)nn(C)c1N. The summed E-state index contributed by atoms with van der Waals surface area (Å²) < 4.78 is 1.68. The van der Waals surface area contributed by atoms with Crippen molar-refractivity contribution >= 4 is 5.82 Å². The van der Waals surface area contributed by atoms with E-state index in [0.717, 1.165) is 24.1 Å². The van der Waals surface area contributed by atoms with Gasteiger partial charge in [-0.3, -0.25) is 4.68 Å². The predicted octanol–water partition coefficient (Wildman–Crippen LogP) is 1.41. The van der Waals surface area contributed by atoms with Crippen LogP contribution in [-0.2, 0) is 13.5 Å². The highest BCUT2D eigenvalue weighted by Crippen LogP contribution is 2.24. The Balaban J connectivity index is 2.52. The highest BCUT2D eigenvalue weighted by atomic mass is 15.3. The van der Waals surface area contributed by atoms with Crippen LogP contribution in [0.2, 0.25) is 0 Å². The van der Waals surface area contributed by atoms with Crippen LogP contribution in [0.3, 0.4) is 0 Å². The van der Waals surface area contributed by atoms with E-state index in [2.05, 4.69) is 22.0 Å². The molecule has 2 N–H and O–H groups in total. The van der Waals surface area contributed by atoms with Crippen LogP contribution < -0.4 is 5.73 Å². The molecule has 84 valence electrons. The fourth-order valence-corrected chi connectivity index (χ4v) is 1.68. The maximum atomic E-state index is 5.97. The minimum Gasteiger partial charge on any atom is -0.384 e. The van der Waals surface area contributed by atoms with E-state index in [1.807, 2.05) is 7.05 Å². The lowest BCUT2D eigenvalue weighted by atomic mass is 10.1. The second kappa shape index (κ2) is 4.30. The predicted molar refractivity (Wildman–Crippen MR) is 62.6 cm³/mol. The second-order valence-electron chi connectivity index (χ2n) is 3.66. The molecule has 0 unspecified atom stereocenters. The number of aromatic nitrogens is 4. The molecule has 0 bridgehead atoms. The van der Waals surface area contributed by atoms with Crippen molar-refractivity contribution in [2.45, 2.75) is 19.8 Å². The molecule has 0 spiro atoms. The Labute approximate surface area is 94.3 Å². The molecule has 2 heterocycles. The average Bonchev–Trinajstić information content (AvgIpc) is 2.59. The summed E-state index contributed by atoms with van der Waals surface area (Å²) >= 11 is 0. The number of hydrogen-bond acceptors (Lipinski definition) is 4. The molecule has 0 radical (unpaired) electrons. The zero-order valence-corrected chi connectivity index (χ0v) is 9.51. The number of anilines is 1. The molecular formula is C11H15N5. The van der Waals surface area contributed by atoms with Crippen molar-refractivity contribution in [1.82, 2.24) is 19.7 Å². The third-order valence-electron chi connectivity index (χ3n) is 2.47. The van der Waals surface area contributed by atoms with Crippen molar-refractivity contribution in [1.29, 1.82) is 0 Å². The number of nitrogens with zero attached hydrogens (tertiary/aromatic N) is 4. The number of nitrogen functional groups attached to an aromatic ring is 1. The van der Waals surface area contributed by atoms with Gasteiger partial charge in [-0.2, -0.15) is 5.10 Å². The smallest absolute Gasteiger partial charge is 0.180 e. The molecule has 0 saturated heterocycles. The third kappa shape index (κ3) is 1.76. The molecule has 0 fully saturated rings. The molecule has 0 aliphatic rings. The Kier molecular flexibility index (Phi) is 2.85. The summed E-state index contributed by atoms with van der Waals surface area (Å²) in [6.45, 7) is 2.11. The normalized spacial score (nSPS) is 10.6. The van der Waals surface area contributed by atoms with E-state index >= 15 is 0 Å². The quantitative estimate of drug-likeness (QED) is 0.844. The number of nitrogens with two attached hydrogens (primary N) is 1. The van der Waals surface area contributed by atoms with Gasteiger partial charge in [0, 0.05) is 25.0 Å². The van der Waals surface area contributed by atoms with E-state index in [-0.39, 0.29) is 0 Å². The first kappa shape index (κ1) is 10.6. The first-order valence-corrected chi connectivity index (χ1v) is 5.32. The Hall–Kier alpha value is -1.91. The highest BCUT2D eigenvalue weighted by molar-refractivity contribution is 5.62. The van der Waals surface area contributed by atoms with Crippen molar-refractivity contribution < 1.29 is 0 Å². The summed E-state index contributed by atoms with van der Waals surface area (Å²) in [5.41, 5.74) is 7.80. The summed E-state index contributed by atoms with van der Waals surface area (Å²) in [7, 11) is 1.83. The van der Waals surface area contributed by atoms with Crippen LogP contribution in [0.4, 0.5) is 5.82 Å². The first-order chi connectivity index (χ1) is 7.74. The standard InChI is InChI=1S/C11H15N5/c1-3-5-8-9(15-16(2)10(8)12)11-13-6-4-7-14-11/h4,6-7H,3,5,12H2,1-2H3. The molecule has 0 saturated carbocycles. The molecule has 2 rings (SSSR count). The van der Waals surface area contributed by atoms with Gasteiger partial charge in [-0.25, -0.2) is 9.97 Å². The van der Waals surface area contributed by atoms with Gasteiger partial charge in [0.15, 0.2) is 5.82 Å². The number of rotatable bonds is 3. The lowest BCUT2D eigenvalue weighted by Crippen LogP contribution is -1.99. The van der Waals surface area contributed by atoms with Crippen molar-refractivity contribution in [3.05, 3.63) is 24.0 Å². The van der Waals surface area contributed by atoms with Gasteiger partial charge in [0.2, 0.25) is 0 Å². The van der Waals surface area contributed by atoms with Crippen LogP contribution in [0.5, 0.6) is 0 Å². The van der Waals surface area contributed by atoms with Gasteiger partial charge in [-0.15, -0.1) is 0 Å². The molecule has 2 aromatic heterocycles. The molecular weight excluding hydrogens is 202 g/mol. The number of hydrogen-bond donors (Lipinski definition) is 1. The largest absolute Gasteiger partial charge is 0.384 e. The van der Waals surface area contributed by atoms with E-state index in [9.17, 15) is 0 Å². The monoisotopic (exact) mass is 217 g/mol. The summed E-state index contributed by atoms with van der Waals surface area (Å²) in [6.07, 6.45) is 5.34. The topological polar surface area (TPSA) is 69.6 Å². The highest BCUT2D eigenvalue weighted by Gasteiger charge is 2.16. The number of aryl methyl sites for hydroxylation is 1. The van der Waals surface area contributed by atoms with E-state index in [4.69, 9.17) is 5.73 Å². The van der Waals surface area contributed by atoms with Gasteiger partial charge >= 0.3 is 0 Å². The maximum absolute atomic E-state index is 5.97. The van der Waals surface area contributed by atoms with E-state index in [1.54, 1.807) is 23.1 Å². The van der Waals surface area contributed by atoms with Gasteiger partial charge in [-0.05, 0) is 12.5 Å². The molecule has 0 atom stereocenters. The van der Waals surface area contributed by atoms with Gasteiger partial charge < -0.3 is 5.73 Å². The fourth-order valence-electron chi connectivity index (χ4n) is 1.68. The Morgan fingerprint density at radius 3 is 2.62 bits per heavy atom. The summed E-state index contributed by atoms with van der Waals surface area (Å²) in [4.78, 5) is 8.41. The van der Waals surface area contributed by atoms with Crippen LogP contribution in [0.1, 0.15) is 18.9 Å². The molecule has 5 heteroatoms. The van der Waals surface area contributed by atoms with E-state index in [0.29, 0.717) is 11.6 Å². The van der Waals surface area contributed by atoms with Crippen LogP contribution in [0, 0.1) is 0 Å². The molecule has 0 aliphatic heterocycles. The molecule has 16 heavy (non-hydrogen) atoms. The lowest BCUT2D eigenvalue weighted by molar-refractivity contribution is 0.779. The summed E-state index contributed by atoms with van der Waals surface area (Å²) in [5, 5.41) is 4.37. The van der Waals surface area contributed by atoms with Crippen molar-refractivity contribution in [3.63, 3.8) is 0 Å². The van der Waals surface area contributed by atoms with Gasteiger partial charge in [0.25, 0.3) is 0 Å². The van der Waals surface area contributed by atoms with Crippen LogP contribution in [-0.4, -0.2) is 19.7 Å². The second-order valence-corrected chi connectivity index (χ2v) is 3.66. The molecule has 5 nitrogen and oxygen atoms in total. The Morgan fingerprint density at radius 1 is 1.31 bits per heavy atom. The molecule has 0 aromatic carbocycles. The lowest BCUT2D eigenvalue weighted by Gasteiger charge is -2.00. The van der Waals surface area contributed by atoms with E-state index in [1.165, 1.54) is 0 Å². The Bertz CT molecular complexity index is 475. The average molecular weight is 217 g/mol. The maximum Gasteiger partial charge on any atom is 0.180 e. The van der Waals surface area contributed by atoms with E-state index < -0.39 is 0 Å². The van der Waals surface area contributed by atoms with Crippen molar-refractivity contribution in [2.24, 2.45) is 7.05 Å². The fraction of sp³-hybridized carbons (Fsp3) is 0.364. The zero-order chi connectivity index (χ0) is 11.5. The third-order valence-corrected chi connectivity index (χ3v) is 2.47. The minimum absolute atomic E-state index is 0.637. The Morgan fingerprint density at radius 2 is 2.00 bits per heavy atom. The van der Waals surface area contributed by atoms with Crippen molar-refractivity contribution in [3.8, 4) is 11.5 Å². The summed E-state index contributed by atoms with van der Waals surface area (Å²) in [5.74, 6) is 1.34. The van der Waals surface area contributed by atoms with Crippen molar-refractivity contribution in [2.75, 3.05) is 5.73 Å². The zero-order valence-electron chi connectivity index (χ0n) is 9.51. The molecule has 2 aromatic rings. The van der Waals surface area contributed by atoms with Gasteiger partial charge in [0.1, 0.15) is 11.5 Å². The molecule has 0 amide bonds. The van der Waals surface area contributed by atoms with Crippen LogP contribution in [0.25, 0.3) is 11.5 Å².